The number of hydrogen-bond acceptors (Lipinski definition) is 7. The van der Waals surface area contributed by atoms with E-state index in [9.17, 15) is 4.79 Å². The minimum atomic E-state index is -0.253. The SMILES string of the molecule is O=C(NCCc1ccccn1)c1coc(CN(CCN2CCOCC2)Cc2ccccc2Cl)n1. The number of rotatable bonds is 11. The van der Waals surface area contributed by atoms with Crippen LogP contribution in [0.25, 0.3) is 0 Å². The Balaban J connectivity index is 1.34. The number of pyridine rings is 1. The van der Waals surface area contributed by atoms with Gasteiger partial charge in [0.15, 0.2) is 5.69 Å². The standard InChI is InChI=1S/C25H30ClN5O3/c26-22-7-2-1-5-20(22)17-31(12-11-30-13-15-33-16-14-30)18-24-29-23(19-34-24)25(32)28-10-8-21-6-3-4-9-27-21/h1-7,9,19H,8,10-18H2,(H,28,32). The smallest absolute Gasteiger partial charge is 0.273 e. The third-order valence-electron chi connectivity index (χ3n) is 5.72. The van der Waals surface area contributed by atoms with E-state index in [-0.39, 0.29) is 11.6 Å². The maximum Gasteiger partial charge on any atom is 0.273 e. The summed E-state index contributed by atoms with van der Waals surface area (Å²) in [6.45, 7) is 6.76. The van der Waals surface area contributed by atoms with Gasteiger partial charge < -0.3 is 14.5 Å². The fraction of sp³-hybridized carbons (Fsp3) is 0.400. The number of halogens is 1. The summed E-state index contributed by atoms with van der Waals surface area (Å²) in [4.78, 5) is 25.8. The van der Waals surface area contributed by atoms with Crippen molar-refractivity contribution in [1.29, 1.82) is 0 Å². The first-order chi connectivity index (χ1) is 16.7. The van der Waals surface area contributed by atoms with Crippen LogP contribution in [0.15, 0.2) is 59.3 Å². The van der Waals surface area contributed by atoms with E-state index in [4.69, 9.17) is 20.8 Å². The fourth-order valence-corrected chi connectivity index (χ4v) is 4.00. The van der Waals surface area contributed by atoms with Crippen molar-refractivity contribution in [3.63, 3.8) is 0 Å². The van der Waals surface area contributed by atoms with Gasteiger partial charge in [-0.25, -0.2) is 4.98 Å². The summed E-state index contributed by atoms with van der Waals surface area (Å²) >= 11 is 6.41. The van der Waals surface area contributed by atoms with E-state index >= 15 is 0 Å². The molecule has 9 heteroatoms. The van der Waals surface area contributed by atoms with Crippen molar-refractivity contribution in [1.82, 2.24) is 25.1 Å². The Kier molecular flexibility index (Phi) is 9.04. The molecule has 1 aliphatic rings. The molecule has 0 unspecified atom stereocenters. The highest BCUT2D eigenvalue weighted by molar-refractivity contribution is 6.31. The topological polar surface area (TPSA) is 83.7 Å². The number of oxazole rings is 1. The monoisotopic (exact) mass is 483 g/mol. The number of amides is 1. The lowest BCUT2D eigenvalue weighted by Crippen LogP contribution is -2.41. The van der Waals surface area contributed by atoms with Crippen LogP contribution in [-0.4, -0.2) is 71.6 Å². The van der Waals surface area contributed by atoms with Crippen LogP contribution in [0.2, 0.25) is 5.02 Å². The van der Waals surface area contributed by atoms with Crippen molar-refractivity contribution in [2.75, 3.05) is 45.9 Å². The third kappa shape index (κ3) is 7.36. The molecule has 4 rings (SSSR count). The predicted molar refractivity (Wildman–Crippen MR) is 130 cm³/mol. The summed E-state index contributed by atoms with van der Waals surface area (Å²) in [5, 5.41) is 3.61. The molecule has 180 valence electrons. The van der Waals surface area contributed by atoms with E-state index in [0.717, 1.165) is 55.7 Å². The Morgan fingerprint density at radius 2 is 1.94 bits per heavy atom. The van der Waals surface area contributed by atoms with Gasteiger partial charge in [-0.2, -0.15) is 0 Å². The maximum atomic E-state index is 12.5. The van der Waals surface area contributed by atoms with Crippen LogP contribution in [0.1, 0.15) is 27.6 Å². The first-order valence-corrected chi connectivity index (χ1v) is 11.9. The molecule has 3 aromatic rings. The van der Waals surface area contributed by atoms with E-state index in [1.54, 1.807) is 6.20 Å². The van der Waals surface area contributed by atoms with Crippen LogP contribution < -0.4 is 5.32 Å². The van der Waals surface area contributed by atoms with Gasteiger partial charge >= 0.3 is 0 Å². The predicted octanol–water partition coefficient (Wildman–Crippen LogP) is 3.03. The molecular weight excluding hydrogens is 454 g/mol. The summed E-state index contributed by atoms with van der Waals surface area (Å²) in [5.41, 5.74) is 2.26. The Hall–Kier alpha value is -2.78. The van der Waals surface area contributed by atoms with Crippen molar-refractivity contribution < 1.29 is 13.9 Å². The van der Waals surface area contributed by atoms with Crippen LogP contribution in [0.4, 0.5) is 0 Å². The van der Waals surface area contributed by atoms with Crippen molar-refractivity contribution in [3.05, 3.63) is 82.8 Å². The van der Waals surface area contributed by atoms with Gasteiger partial charge in [0, 0.05) is 62.6 Å². The molecule has 1 saturated heterocycles. The molecule has 0 aliphatic carbocycles. The summed E-state index contributed by atoms with van der Waals surface area (Å²) in [5.74, 6) is 0.251. The van der Waals surface area contributed by atoms with E-state index < -0.39 is 0 Å². The minimum Gasteiger partial charge on any atom is -0.447 e. The lowest BCUT2D eigenvalue weighted by molar-refractivity contribution is 0.0320. The van der Waals surface area contributed by atoms with Gasteiger partial charge in [-0.1, -0.05) is 35.9 Å². The molecule has 1 amide bonds. The number of ether oxygens (including phenoxy) is 1. The molecule has 1 aliphatic heterocycles. The van der Waals surface area contributed by atoms with Crippen LogP contribution >= 0.6 is 11.6 Å². The van der Waals surface area contributed by atoms with Crippen LogP contribution in [-0.2, 0) is 24.2 Å². The maximum absolute atomic E-state index is 12.5. The van der Waals surface area contributed by atoms with Crippen molar-refractivity contribution in [3.8, 4) is 0 Å². The number of carbonyl (C=O) groups is 1. The number of carbonyl (C=O) groups excluding carboxylic acids is 1. The zero-order chi connectivity index (χ0) is 23.6. The number of hydrogen-bond donors (Lipinski definition) is 1. The number of morpholine rings is 1. The largest absolute Gasteiger partial charge is 0.447 e. The molecule has 1 N–H and O–H groups in total. The molecule has 34 heavy (non-hydrogen) atoms. The van der Waals surface area contributed by atoms with E-state index in [2.05, 4.69) is 25.1 Å². The Morgan fingerprint density at radius 1 is 1.12 bits per heavy atom. The van der Waals surface area contributed by atoms with Gasteiger partial charge in [-0.15, -0.1) is 0 Å². The van der Waals surface area contributed by atoms with Gasteiger partial charge in [0.1, 0.15) is 6.26 Å². The lowest BCUT2D eigenvalue weighted by Gasteiger charge is -2.29. The first-order valence-electron chi connectivity index (χ1n) is 11.6. The van der Waals surface area contributed by atoms with E-state index in [1.165, 1.54) is 6.26 Å². The molecule has 0 saturated carbocycles. The van der Waals surface area contributed by atoms with E-state index in [0.29, 0.717) is 31.9 Å². The highest BCUT2D eigenvalue weighted by Gasteiger charge is 2.18. The molecule has 1 fully saturated rings. The van der Waals surface area contributed by atoms with Crippen molar-refractivity contribution in [2.24, 2.45) is 0 Å². The first kappa shape index (κ1) is 24.3. The summed E-state index contributed by atoms with van der Waals surface area (Å²) in [6.07, 6.45) is 3.82. The van der Waals surface area contributed by atoms with Crippen LogP contribution in [0.3, 0.4) is 0 Å². The average Bonchev–Trinajstić information content (AvgIpc) is 3.34. The molecule has 0 atom stereocenters. The second-order valence-corrected chi connectivity index (χ2v) is 8.62. The van der Waals surface area contributed by atoms with E-state index in [1.807, 2.05) is 42.5 Å². The molecule has 0 spiro atoms. The molecular formula is C25H30ClN5O3. The number of benzene rings is 1. The van der Waals surface area contributed by atoms with Gasteiger partial charge in [-0.3, -0.25) is 19.6 Å². The normalized spacial score (nSPS) is 14.4. The van der Waals surface area contributed by atoms with Crippen LogP contribution in [0.5, 0.6) is 0 Å². The number of nitrogens with zero attached hydrogens (tertiary/aromatic N) is 4. The lowest BCUT2D eigenvalue weighted by atomic mass is 10.2. The Bertz CT molecular complexity index is 1040. The fourth-order valence-electron chi connectivity index (χ4n) is 3.81. The van der Waals surface area contributed by atoms with Crippen molar-refractivity contribution >= 4 is 17.5 Å². The molecule has 1 aromatic carbocycles. The Labute approximate surface area is 204 Å². The second kappa shape index (κ2) is 12.6. The molecule has 8 nitrogen and oxygen atoms in total. The van der Waals surface area contributed by atoms with Crippen molar-refractivity contribution in [2.45, 2.75) is 19.5 Å². The number of aromatic nitrogens is 2. The van der Waals surface area contributed by atoms with Gasteiger partial charge in [0.05, 0.1) is 19.8 Å². The zero-order valence-electron chi connectivity index (χ0n) is 19.2. The highest BCUT2D eigenvalue weighted by Crippen LogP contribution is 2.18. The Morgan fingerprint density at radius 3 is 2.74 bits per heavy atom. The molecule has 3 heterocycles. The van der Waals surface area contributed by atoms with Gasteiger partial charge in [0.25, 0.3) is 5.91 Å². The molecule has 0 radical (unpaired) electrons. The quantitative estimate of drug-likeness (QED) is 0.448. The zero-order valence-corrected chi connectivity index (χ0v) is 19.9. The van der Waals surface area contributed by atoms with Gasteiger partial charge in [0.2, 0.25) is 5.89 Å². The average molecular weight is 484 g/mol. The minimum absolute atomic E-state index is 0.253. The second-order valence-electron chi connectivity index (χ2n) is 8.21. The summed E-state index contributed by atoms with van der Waals surface area (Å²) in [6, 6.07) is 13.6. The highest BCUT2D eigenvalue weighted by atomic mass is 35.5. The number of nitrogens with one attached hydrogen (secondary N) is 1. The third-order valence-corrected chi connectivity index (χ3v) is 6.09. The van der Waals surface area contributed by atoms with Gasteiger partial charge in [-0.05, 0) is 23.8 Å². The molecule has 0 bridgehead atoms. The summed E-state index contributed by atoms with van der Waals surface area (Å²) < 4.78 is 11.1. The van der Waals surface area contributed by atoms with Crippen LogP contribution in [0, 0.1) is 0 Å². The molecule has 2 aromatic heterocycles. The summed E-state index contributed by atoms with van der Waals surface area (Å²) in [7, 11) is 0.